The molecule has 1 rings (SSSR count). The van der Waals surface area contributed by atoms with Crippen LogP contribution in [0.4, 0.5) is 0 Å². The summed E-state index contributed by atoms with van der Waals surface area (Å²) in [5, 5.41) is 7.59. The van der Waals surface area contributed by atoms with Crippen LogP contribution in [0.25, 0.3) is 5.32 Å². The van der Waals surface area contributed by atoms with Crippen LogP contribution in [0.15, 0.2) is 0 Å². The zero-order chi connectivity index (χ0) is 8.81. The van der Waals surface area contributed by atoms with E-state index >= 15 is 0 Å². The van der Waals surface area contributed by atoms with Crippen molar-refractivity contribution in [2.75, 3.05) is 26.7 Å². The lowest BCUT2D eigenvalue weighted by Gasteiger charge is -2.35. The zero-order valence-corrected chi connectivity index (χ0v) is 8.34. The molecule has 1 atom stereocenters. The van der Waals surface area contributed by atoms with Gasteiger partial charge in [-0.3, -0.25) is 0 Å². The summed E-state index contributed by atoms with van der Waals surface area (Å²) in [7, 11) is 2.03. The van der Waals surface area contributed by atoms with Crippen LogP contribution >= 0.6 is 0 Å². The van der Waals surface area contributed by atoms with Gasteiger partial charge in [0, 0.05) is 0 Å². The number of piperidine rings is 1. The summed E-state index contributed by atoms with van der Waals surface area (Å²) in [6, 6.07) is 0. The minimum Gasteiger partial charge on any atom is -0.662 e. The van der Waals surface area contributed by atoms with E-state index in [0.29, 0.717) is 0 Å². The molecule has 1 saturated heterocycles. The Hall–Kier alpha value is -0.0800. The Morgan fingerprint density at radius 3 is 2.67 bits per heavy atom. The Labute approximate surface area is 76.1 Å². The van der Waals surface area contributed by atoms with Crippen LogP contribution < -0.4 is 5.32 Å². The lowest BCUT2D eigenvalue weighted by molar-refractivity contribution is 0.296. The van der Waals surface area contributed by atoms with Crippen molar-refractivity contribution < 1.29 is 0 Å². The highest BCUT2D eigenvalue weighted by Crippen LogP contribution is 2.26. The molecule has 1 fully saturated rings. The zero-order valence-electron chi connectivity index (χ0n) is 8.34. The van der Waals surface area contributed by atoms with Crippen LogP contribution in [0, 0.1) is 11.8 Å². The van der Waals surface area contributed by atoms with Crippen molar-refractivity contribution in [3.63, 3.8) is 0 Å². The first kappa shape index (κ1) is 10.0. The van der Waals surface area contributed by atoms with E-state index in [1.165, 1.54) is 19.3 Å². The number of hydrogen-bond donors (Lipinski definition) is 1. The normalized spacial score (nSPS) is 22.5. The predicted molar refractivity (Wildman–Crippen MR) is 53.5 cm³/mol. The van der Waals surface area contributed by atoms with Gasteiger partial charge in [0.25, 0.3) is 0 Å². The summed E-state index contributed by atoms with van der Waals surface area (Å²) >= 11 is 0. The maximum atomic E-state index is 4.37. The molecule has 1 N–H and O–H groups in total. The average Bonchev–Trinajstić information content (AvgIpc) is 2.15. The number of nitrogens with zero attached hydrogens (tertiary/aromatic N) is 1. The van der Waals surface area contributed by atoms with Gasteiger partial charge in [-0.2, -0.15) is 0 Å². The standard InChI is InChI=1S/C10H21N2/c1-9(3-6-11-2)10-4-7-12-8-5-10/h9-11H,3-8H2,1-2H3/q-1. The van der Waals surface area contributed by atoms with Crippen LogP contribution in [-0.2, 0) is 0 Å². The number of hydrogen-bond acceptors (Lipinski definition) is 1. The highest BCUT2D eigenvalue weighted by Gasteiger charge is 2.15. The molecule has 2 heteroatoms. The van der Waals surface area contributed by atoms with Crippen LogP contribution in [0.3, 0.4) is 0 Å². The van der Waals surface area contributed by atoms with E-state index < -0.39 is 0 Å². The van der Waals surface area contributed by atoms with Crippen molar-refractivity contribution in [1.82, 2.24) is 5.32 Å². The molecule has 72 valence electrons. The molecule has 0 bridgehead atoms. The molecule has 1 aliphatic heterocycles. The van der Waals surface area contributed by atoms with Gasteiger partial charge in [-0.15, -0.1) is 13.1 Å². The summed E-state index contributed by atoms with van der Waals surface area (Å²) in [5.41, 5.74) is 0. The molecule has 0 aromatic rings. The lowest BCUT2D eigenvalue weighted by atomic mass is 9.84. The van der Waals surface area contributed by atoms with Crippen molar-refractivity contribution in [2.24, 2.45) is 11.8 Å². The highest BCUT2D eigenvalue weighted by atomic mass is 14.9. The molecule has 0 radical (unpaired) electrons. The SMILES string of the molecule is CNCCC(C)C1CC[N-]CC1. The van der Waals surface area contributed by atoms with Gasteiger partial charge in [-0.05, 0) is 31.8 Å². The Balaban J connectivity index is 2.15. The van der Waals surface area contributed by atoms with Gasteiger partial charge in [0.1, 0.15) is 0 Å². The van der Waals surface area contributed by atoms with E-state index in [4.69, 9.17) is 0 Å². The fraction of sp³-hybridized carbons (Fsp3) is 1.00. The third-order valence-electron chi connectivity index (χ3n) is 2.97. The Bertz CT molecular complexity index is 108. The van der Waals surface area contributed by atoms with Crippen molar-refractivity contribution in [3.8, 4) is 0 Å². The number of nitrogens with one attached hydrogen (secondary N) is 1. The van der Waals surface area contributed by atoms with E-state index in [1.54, 1.807) is 0 Å². The molecule has 0 aliphatic carbocycles. The summed E-state index contributed by atoms with van der Waals surface area (Å²) < 4.78 is 0. The fourth-order valence-electron chi connectivity index (χ4n) is 1.95. The van der Waals surface area contributed by atoms with E-state index in [0.717, 1.165) is 31.5 Å². The topological polar surface area (TPSA) is 26.1 Å². The average molecular weight is 169 g/mol. The van der Waals surface area contributed by atoms with Crippen LogP contribution in [0.1, 0.15) is 26.2 Å². The van der Waals surface area contributed by atoms with Gasteiger partial charge in [0.05, 0.1) is 0 Å². The summed E-state index contributed by atoms with van der Waals surface area (Å²) in [6.45, 7) is 5.76. The second kappa shape index (κ2) is 5.55. The summed E-state index contributed by atoms with van der Waals surface area (Å²) in [4.78, 5) is 0. The van der Waals surface area contributed by atoms with E-state index in [-0.39, 0.29) is 0 Å². The maximum absolute atomic E-state index is 4.37. The van der Waals surface area contributed by atoms with Gasteiger partial charge in [-0.25, -0.2) is 0 Å². The molecule has 0 amide bonds. The maximum Gasteiger partial charge on any atom is -0.00493 e. The molecular weight excluding hydrogens is 148 g/mol. The van der Waals surface area contributed by atoms with E-state index in [9.17, 15) is 0 Å². The molecule has 1 aliphatic rings. The van der Waals surface area contributed by atoms with Crippen molar-refractivity contribution in [1.29, 1.82) is 0 Å². The molecule has 0 saturated carbocycles. The molecule has 12 heavy (non-hydrogen) atoms. The van der Waals surface area contributed by atoms with Gasteiger partial charge in [0.2, 0.25) is 0 Å². The minimum absolute atomic E-state index is 0.882. The monoisotopic (exact) mass is 169 g/mol. The molecule has 1 unspecified atom stereocenters. The minimum atomic E-state index is 0.882. The highest BCUT2D eigenvalue weighted by molar-refractivity contribution is 4.88. The predicted octanol–water partition coefficient (Wildman–Crippen LogP) is 2.02. The first-order chi connectivity index (χ1) is 5.84. The van der Waals surface area contributed by atoms with E-state index in [2.05, 4.69) is 17.6 Å². The van der Waals surface area contributed by atoms with Gasteiger partial charge in [0.15, 0.2) is 0 Å². The quantitative estimate of drug-likeness (QED) is 0.684. The Kier molecular flexibility index (Phi) is 4.62. The molecule has 0 spiro atoms. The molecule has 0 aromatic heterocycles. The molecular formula is C10H21N2-. The first-order valence-electron chi connectivity index (χ1n) is 5.12. The summed E-state index contributed by atoms with van der Waals surface area (Å²) in [6.07, 6.45) is 3.97. The lowest BCUT2D eigenvalue weighted by Crippen LogP contribution is -2.22. The van der Waals surface area contributed by atoms with Crippen LogP contribution in [0.2, 0.25) is 0 Å². The Morgan fingerprint density at radius 2 is 2.08 bits per heavy atom. The van der Waals surface area contributed by atoms with Crippen LogP contribution in [-0.4, -0.2) is 26.7 Å². The van der Waals surface area contributed by atoms with Crippen molar-refractivity contribution in [2.45, 2.75) is 26.2 Å². The second-order valence-corrected chi connectivity index (χ2v) is 3.88. The van der Waals surface area contributed by atoms with Gasteiger partial charge >= 0.3 is 0 Å². The third-order valence-corrected chi connectivity index (χ3v) is 2.97. The third kappa shape index (κ3) is 3.11. The van der Waals surface area contributed by atoms with Gasteiger partial charge < -0.3 is 10.6 Å². The van der Waals surface area contributed by atoms with Crippen LogP contribution in [0.5, 0.6) is 0 Å². The largest absolute Gasteiger partial charge is 0.662 e. The molecule has 1 heterocycles. The molecule has 2 nitrogen and oxygen atoms in total. The first-order valence-corrected chi connectivity index (χ1v) is 5.12. The summed E-state index contributed by atoms with van der Waals surface area (Å²) in [5.74, 6) is 1.82. The smallest absolute Gasteiger partial charge is 0.00493 e. The Morgan fingerprint density at radius 1 is 1.42 bits per heavy atom. The number of rotatable bonds is 4. The second-order valence-electron chi connectivity index (χ2n) is 3.88. The van der Waals surface area contributed by atoms with E-state index in [1.807, 2.05) is 7.05 Å². The van der Waals surface area contributed by atoms with Gasteiger partial charge in [-0.1, -0.05) is 19.8 Å². The molecule has 0 aromatic carbocycles. The van der Waals surface area contributed by atoms with Crippen molar-refractivity contribution >= 4 is 0 Å². The van der Waals surface area contributed by atoms with Crippen molar-refractivity contribution in [3.05, 3.63) is 5.32 Å². The fourth-order valence-corrected chi connectivity index (χ4v) is 1.95.